The third kappa shape index (κ3) is 2.87. The first kappa shape index (κ1) is 12.6. The number of pyridine rings is 1. The van der Waals surface area contributed by atoms with Crippen molar-refractivity contribution in [1.82, 2.24) is 4.98 Å². The Balaban J connectivity index is 2.26. The summed E-state index contributed by atoms with van der Waals surface area (Å²) >= 11 is 0. The van der Waals surface area contributed by atoms with Gasteiger partial charge in [0.25, 0.3) is 0 Å². The maximum atomic E-state index is 6.08. The number of aromatic nitrogens is 1. The largest absolute Gasteiger partial charge is 0.455 e. The van der Waals surface area contributed by atoms with Gasteiger partial charge in [0.05, 0.1) is 6.20 Å². The summed E-state index contributed by atoms with van der Waals surface area (Å²) in [6.45, 7) is 4.01. The highest BCUT2D eigenvalue weighted by molar-refractivity contribution is 5.39. The zero-order chi connectivity index (χ0) is 13.0. The van der Waals surface area contributed by atoms with Gasteiger partial charge in [-0.2, -0.15) is 0 Å². The van der Waals surface area contributed by atoms with E-state index in [1.54, 1.807) is 6.20 Å². The van der Waals surface area contributed by atoms with E-state index in [0.717, 1.165) is 29.2 Å². The summed E-state index contributed by atoms with van der Waals surface area (Å²) in [7, 11) is 0. The van der Waals surface area contributed by atoms with Crippen LogP contribution in [-0.2, 0) is 0 Å². The van der Waals surface area contributed by atoms with E-state index in [2.05, 4.69) is 11.9 Å². The van der Waals surface area contributed by atoms with Crippen molar-refractivity contribution < 1.29 is 4.74 Å². The Morgan fingerprint density at radius 1 is 1.22 bits per heavy atom. The summed E-state index contributed by atoms with van der Waals surface area (Å²) in [5, 5.41) is 0. The van der Waals surface area contributed by atoms with Crippen LogP contribution in [0.2, 0.25) is 0 Å². The van der Waals surface area contributed by atoms with Gasteiger partial charge < -0.3 is 10.5 Å². The van der Waals surface area contributed by atoms with E-state index in [4.69, 9.17) is 10.5 Å². The predicted molar refractivity (Wildman–Crippen MR) is 72.7 cm³/mol. The summed E-state index contributed by atoms with van der Waals surface area (Å²) in [5.41, 5.74) is 8.08. The third-order valence-corrected chi connectivity index (χ3v) is 2.87. The molecule has 0 aliphatic heterocycles. The summed E-state index contributed by atoms with van der Waals surface area (Å²) in [5.74, 6) is 1.54. The molecule has 1 unspecified atom stereocenters. The molecule has 1 aromatic carbocycles. The van der Waals surface area contributed by atoms with Gasteiger partial charge in [0, 0.05) is 17.3 Å². The molecule has 0 saturated carbocycles. The smallest absolute Gasteiger partial charge is 0.145 e. The molecule has 0 saturated heterocycles. The number of rotatable bonds is 4. The van der Waals surface area contributed by atoms with E-state index >= 15 is 0 Å². The van der Waals surface area contributed by atoms with Crippen molar-refractivity contribution in [3.05, 3.63) is 53.9 Å². The lowest BCUT2D eigenvalue weighted by Crippen LogP contribution is -2.09. The summed E-state index contributed by atoms with van der Waals surface area (Å²) in [6.07, 6.45) is 2.61. The standard InChI is InChI=1S/C15H18N2O/c1-3-14(16)13-6-4-5-7-15(13)18-12-9-8-11(2)17-10-12/h4-10,14H,3,16H2,1-2H3. The van der Waals surface area contributed by atoms with Crippen molar-refractivity contribution >= 4 is 0 Å². The van der Waals surface area contributed by atoms with Gasteiger partial charge >= 0.3 is 0 Å². The molecule has 2 aromatic rings. The predicted octanol–water partition coefficient (Wildman–Crippen LogP) is 3.59. The number of aryl methyl sites for hydroxylation is 1. The second-order valence-electron chi connectivity index (χ2n) is 4.29. The fourth-order valence-electron chi connectivity index (χ4n) is 1.74. The molecule has 2 rings (SSSR count). The van der Waals surface area contributed by atoms with Gasteiger partial charge in [-0.25, -0.2) is 0 Å². The van der Waals surface area contributed by atoms with Crippen molar-refractivity contribution in [2.75, 3.05) is 0 Å². The first-order valence-electron chi connectivity index (χ1n) is 6.15. The second-order valence-corrected chi connectivity index (χ2v) is 4.29. The quantitative estimate of drug-likeness (QED) is 0.891. The van der Waals surface area contributed by atoms with Crippen molar-refractivity contribution in [1.29, 1.82) is 0 Å². The molecule has 3 nitrogen and oxygen atoms in total. The van der Waals surface area contributed by atoms with Gasteiger partial charge in [0.15, 0.2) is 0 Å². The number of para-hydroxylation sites is 1. The Morgan fingerprint density at radius 2 is 2.00 bits per heavy atom. The Kier molecular flexibility index (Phi) is 3.95. The molecule has 94 valence electrons. The van der Waals surface area contributed by atoms with E-state index in [1.807, 2.05) is 43.3 Å². The number of ether oxygens (including phenoxy) is 1. The van der Waals surface area contributed by atoms with Gasteiger partial charge in [-0.15, -0.1) is 0 Å². The third-order valence-electron chi connectivity index (χ3n) is 2.87. The molecule has 0 aliphatic carbocycles. The highest BCUT2D eigenvalue weighted by Gasteiger charge is 2.10. The van der Waals surface area contributed by atoms with E-state index in [0.29, 0.717) is 0 Å². The maximum Gasteiger partial charge on any atom is 0.145 e. The van der Waals surface area contributed by atoms with Crippen LogP contribution in [0, 0.1) is 6.92 Å². The Morgan fingerprint density at radius 3 is 2.67 bits per heavy atom. The molecule has 1 heterocycles. The number of hydrogen-bond donors (Lipinski definition) is 1. The van der Waals surface area contributed by atoms with Crippen LogP contribution in [0.3, 0.4) is 0 Å². The summed E-state index contributed by atoms with van der Waals surface area (Å²) in [6, 6.07) is 11.7. The van der Waals surface area contributed by atoms with Crippen LogP contribution in [-0.4, -0.2) is 4.98 Å². The molecule has 0 amide bonds. The lowest BCUT2D eigenvalue weighted by molar-refractivity contribution is 0.466. The molecule has 0 fully saturated rings. The molecule has 0 aliphatic rings. The van der Waals surface area contributed by atoms with Crippen molar-refractivity contribution in [2.45, 2.75) is 26.3 Å². The van der Waals surface area contributed by atoms with Crippen molar-refractivity contribution in [3.63, 3.8) is 0 Å². The molecular weight excluding hydrogens is 224 g/mol. The van der Waals surface area contributed by atoms with Gasteiger partial charge in [-0.3, -0.25) is 4.98 Å². The molecule has 0 spiro atoms. The van der Waals surface area contributed by atoms with Gasteiger partial charge in [0.1, 0.15) is 11.5 Å². The SMILES string of the molecule is CCC(N)c1ccccc1Oc1ccc(C)nc1. The highest BCUT2D eigenvalue weighted by atomic mass is 16.5. The normalized spacial score (nSPS) is 12.2. The maximum absolute atomic E-state index is 6.08. The lowest BCUT2D eigenvalue weighted by Gasteiger charge is -2.15. The number of nitrogens with two attached hydrogens (primary N) is 1. The first-order valence-corrected chi connectivity index (χ1v) is 6.15. The fourth-order valence-corrected chi connectivity index (χ4v) is 1.74. The van der Waals surface area contributed by atoms with Crippen LogP contribution in [0.4, 0.5) is 0 Å². The molecule has 18 heavy (non-hydrogen) atoms. The van der Waals surface area contributed by atoms with Crippen LogP contribution < -0.4 is 10.5 Å². The minimum Gasteiger partial charge on any atom is -0.455 e. The van der Waals surface area contributed by atoms with Crippen molar-refractivity contribution in [2.24, 2.45) is 5.73 Å². The fraction of sp³-hybridized carbons (Fsp3) is 0.267. The summed E-state index contributed by atoms with van der Waals surface area (Å²) in [4.78, 5) is 4.21. The molecule has 0 bridgehead atoms. The highest BCUT2D eigenvalue weighted by Crippen LogP contribution is 2.29. The van der Waals surface area contributed by atoms with E-state index in [9.17, 15) is 0 Å². The molecule has 1 aromatic heterocycles. The number of nitrogens with zero attached hydrogens (tertiary/aromatic N) is 1. The van der Waals surface area contributed by atoms with E-state index < -0.39 is 0 Å². The minimum atomic E-state index is -0.000363. The zero-order valence-electron chi connectivity index (χ0n) is 10.8. The Bertz CT molecular complexity index is 508. The molecule has 1 atom stereocenters. The molecule has 0 radical (unpaired) electrons. The first-order chi connectivity index (χ1) is 8.70. The minimum absolute atomic E-state index is 0.000363. The zero-order valence-corrected chi connectivity index (χ0v) is 10.8. The second kappa shape index (κ2) is 5.65. The van der Waals surface area contributed by atoms with Crippen LogP contribution in [0.1, 0.15) is 30.6 Å². The van der Waals surface area contributed by atoms with Crippen LogP contribution in [0.5, 0.6) is 11.5 Å². The van der Waals surface area contributed by atoms with Crippen LogP contribution in [0.25, 0.3) is 0 Å². The number of benzene rings is 1. The van der Waals surface area contributed by atoms with Crippen molar-refractivity contribution in [3.8, 4) is 11.5 Å². The Hall–Kier alpha value is -1.87. The van der Waals surface area contributed by atoms with E-state index in [-0.39, 0.29) is 6.04 Å². The average molecular weight is 242 g/mol. The van der Waals surface area contributed by atoms with Gasteiger partial charge in [-0.1, -0.05) is 25.1 Å². The van der Waals surface area contributed by atoms with Gasteiger partial charge in [0.2, 0.25) is 0 Å². The number of hydrogen-bond acceptors (Lipinski definition) is 3. The Labute approximate surface area is 108 Å². The topological polar surface area (TPSA) is 48.1 Å². The average Bonchev–Trinajstić information content (AvgIpc) is 2.41. The van der Waals surface area contributed by atoms with Gasteiger partial charge in [-0.05, 0) is 31.5 Å². The van der Waals surface area contributed by atoms with Crippen LogP contribution in [0.15, 0.2) is 42.6 Å². The monoisotopic (exact) mass is 242 g/mol. The molecular formula is C15H18N2O. The van der Waals surface area contributed by atoms with Crippen LogP contribution >= 0.6 is 0 Å². The molecule has 2 N–H and O–H groups in total. The van der Waals surface area contributed by atoms with E-state index in [1.165, 1.54) is 0 Å². The lowest BCUT2D eigenvalue weighted by atomic mass is 10.0. The summed E-state index contributed by atoms with van der Waals surface area (Å²) < 4.78 is 5.84. The molecule has 3 heteroatoms.